The van der Waals surface area contributed by atoms with Crippen molar-refractivity contribution in [3.05, 3.63) is 97.6 Å². The van der Waals surface area contributed by atoms with Gasteiger partial charge in [-0.25, -0.2) is 5.43 Å². The molecule has 1 N–H and O–H groups in total. The molecular weight excluding hydrogens is 487 g/mol. The smallest absolute Gasteiger partial charge is 0.271 e. The van der Waals surface area contributed by atoms with Crippen LogP contribution in [-0.2, 0) is 6.61 Å². The maximum atomic E-state index is 12.3. The number of hydrogen-bond acceptors (Lipinski definition) is 3. The van der Waals surface area contributed by atoms with Crippen molar-refractivity contribution < 1.29 is 9.53 Å². The summed E-state index contributed by atoms with van der Waals surface area (Å²) in [5, 5.41) is 4.63. The van der Waals surface area contributed by atoms with Crippen molar-refractivity contribution in [2.45, 2.75) is 13.5 Å². The molecule has 0 atom stereocenters. The Bertz CT molecular complexity index is 1000. The number of nitrogens with one attached hydrogen (secondary N) is 1. The number of hydrazone groups is 1. The highest BCUT2D eigenvalue weighted by atomic mass is 127. The van der Waals surface area contributed by atoms with E-state index < -0.39 is 0 Å². The Labute approximate surface area is 182 Å². The van der Waals surface area contributed by atoms with Gasteiger partial charge in [0.05, 0.1) is 6.21 Å². The van der Waals surface area contributed by atoms with Gasteiger partial charge in [0, 0.05) is 19.7 Å². The van der Waals surface area contributed by atoms with Crippen LogP contribution in [0, 0.1) is 10.5 Å². The van der Waals surface area contributed by atoms with E-state index >= 15 is 0 Å². The molecule has 0 radical (unpaired) electrons. The molecule has 0 fully saturated rings. The topological polar surface area (TPSA) is 50.7 Å². The van der Waals surface area contributed by atoms with Crippen molar-refractivity contribution in [3.63, 3.8) is 0 Å². The van der Waals surface area contributed by atoms with Gasteiger partial charge in [-0.3, -0.25) is 4.79 Å². The van der Waals surface area contributed by atoms with Crippen molar-refractivity contribution >= 4 is 46.3 Å². The number of halogens is 2. The van der Waals surface area contributed by atoms with Crippen LogP contribution >= 0.6 is 34.2 Å². The van der Waals surface area contributed by atoms with E-state index in [0.29, 0.717) is 28.5 Å². The average Bonchev–Trinajstić information content (AvgIpc) is 2.69. The Morgan fingerprint density at radius 2 is 1.89 bits per heavy atom. The maximum absolute atomic E-state index is 12.3. The zero-order valence-electron chi connectivity index (χ0n) is 15.2. The van der Waals surface area contributed by atoms with E-state index in [1.54, 1.807) is 24.3 Å². The van der Waals surface area contributed by atoms with Gasteiger partial charge in [0.1, 0.15) is 12.4 Å². The minimum atomic E-state index is -0.266. The van der Waals surface area contributed by atoms with E-state index in [1.165, 1.54) is 9.78 Å². The van der Waals surface area contributed by atoms with Gasteiger partial charge in [0.25, 0.3) is 5.91 Å². The number of ether oxygens (including phenoxy) is 1. The molecule has 3 aromatic rings. The Morgan fingerprint density at radius 3 is 2.64 bits per heavy atom. The summed E-state index contributed by atoms with van der Waals surface area (Å²) in [5.74, 6) is 0.370. The number of carbonyl (C=O) groups excluding carboxylic acids is 1. The van der Waals surface area contributed by atoms with Gasteiger partial charge in [-0.05, 0) is 77.0 Å². The molecule has 28 heavy (non-hydrogen) atoms. The van der Waals surface area contributed by atoms with Crippen molar-refractivity contribution in [1.82, 2.24) is 5.43 Å². The largest absolute Gasteiger partial charge is 0.488 e. The van der Waals surface area contributed by atoms with Crippen molar-refractivity contribution in [2.24, 2.45) is 5.10 Å². The van der Waals surface area contributed by atoms with Crippen molar-refractivity contribution in [3.8, 4) is 5.75 Å². The normalized spacial score (nSPS) is 10.8. The van der Waals surface area contributed by atoms with Crippen molar-refractivity contribution in [1.29, 1.82) is 0 Å². The maximum Gasteiger partial charge on any atom is 0.271 e. The first-order chi connectivity index (χ1) is 13.5. The number of benzene rings is 3. The Hall–Kier alpha value is -2.38. The summed E-state index contributed by atoms with van der Waals surface area (Å²) in [5.41, 5.74) is 5.76. The van der Waals surface area contributed by atoms with Crippen LogP contribution in [0.25, 0.3) is 0 Å². The summed E-state index contributed by atoms with van der Waals surface area (Å²) in [6.07, 6.45) is 1.53. The summed E-state index contributed by atoms with van der Waals surface area (Å²) < 4.78 is 7.09. The lowest BCUT2D eigenvalue weighted by molar-refractivity contribution is 0.0954. The first-order valence-corrected chi connectivity index (χ1v) is 10.0. The molecular formula is C22H18ClIN2O2. The molecule has 0 saturated heterocycles. The number of hydrogen-bond donors (Lipinski definition) is 1. The van der Waals surface area contributed by atoms with E-state index in [-0.39, 0.29) is 5.91 Å². The van der Waals surface area contributed by atoms with Gasteiger partial charge in [0.2, 0.25) is 0 Å². The highest BCUT2D eigenvalue weighted by Gasteiger charge is 2.07. The molecule has 3 aromatic carbocycles. The first kappa shape index (κ1) is 20.4. The quantitative estimate of drug-likeness (QED) is 0.270. The van der Waals surface area contributed by atoms with Crippen molar-refractivity contribution in [2.75, 3.05) is 0 Å². The summed E-state index contributed by atoms with van der Waals surface area (Å²) in [6, 6.07) is 20.7. The van der Waals surface area contributed by atoms with Crippen LogP contribution in [0.15, 0.2) is 71.8 Å². The number of amides is 1. The lowest BCUT2D eigenvalue weighted by Gasteiger charge is -2.10. The highest BCUT2D eigenvalue weighted by Crippen LogP contribution is 2.22. The molecule has 4 nitrogen and oxygen atoms in total. The highest BCUT2D eigenvalue weighted by molar-refractivity contribution is 14.1. The number of carbonyl (C=O) groups is 1. The van der Waals surface area contributed by atoms with Crippen LogP contribution in [-0.4, -0.2) is 12.1 Å². The van der Waals surface area contributed by atoms with Crippen LogP contribution in [0.1, 0.15) is 27.0 Å². The molecule has 0 aliphatic rings. The van der Waals surface area contributed by atoms with E-state index in [0.717, 1.165) is 11.1 Å². The Morgan fingerprint density at radius 1 is 1.14 bits per heavy atom. The molecule has 0 unspecified atom stereocenters. The summed E-state index contributed by atoms with van der Waals surface area (Å²) in [4.78, 5) is 12.3. The number of rotatable bonds is 6. The van der Waals surface area contributed by atoms with Crippen LogP contribution in [0.4, 0.5) is 0 Å². The van der Waals surface area contributed by atoms with Gasteiger partial charge < -0.3 is 4.74 Å². The summed E-state index contributed by atoms with van der Waals surface area (Å²) in [6.45, 7) is 2.31. The van der Waals surface area contributed by atoms with Gasteiger partial charge in [-0.1, -0.05) is 41.9 Å². The predicted molar refractivity (Wildman–Crippen MR) is 121 cm³/mol. The molecule has 0 saturated carbocycles. The number of nitrogens with zero attached hydrogens (tertiary/aromatic N) is 1. The monoisotopic (exact) mass is 504 g/mol. The van der Waals surface area contributed by atoms with Crippen LogP contribution in [0.2, 0.25) is 5.02 Å². The second-order valence-electron chi connectivity index (χ2n) is 6.11. The Balaban J connectivity index is 1.69. The van der Waals surface area contributed by atoms with E-state index in [1.807, 2.05) is 49.4 Å². The van der Waals surface area contributed by atoms with Gasteiger partial charge in [-0.15, -0.1) is 0 Å². The molecule has 142 valence electrons. The minimum Gasteiger partial charge on any atom is -0.488 e. The molecule has 1 amide bonds. The lowest BCUT2D eigenvalue weighted by atomic mass is 10.1. The van der Waals surface area contributed by atoms with Gasteiger partial charge in [-0.2, -0.15) is 5.10 Å². The van der Waals surface area contributed by atoms with Crippen LogP contribution < -0.4 is 10.2 Å². The van der Waals surface area contributed by atoms with Crippen LogP contribution in [0.5, 0.6) is 5.75 Å². The molecule has 6 heteroatoms. The third kappa shape index (κ3) is 5.56. The molecule has 0 bridgehead atoms. The fraction of sp³-hybridized carbons (Fsp3) is 0.0909. The zero-order chi connectivity index (χ0) is 19.9. The van der Waals surface area contributed by atoms with Gasteiger partial charge in [0.15, 0.2) is 0 Å². The predicted octanol–water partition coefficient (Wildman–Crippen LogP) is 5.60. The van der Waals surface area contributed by atoms with E-state index in [2.05, 4.69) is 33.1 Å². The van der Waals surface area contributed by atoms with E-state index in [4.69, 9.17) is 16.3 Å². The summed E-state index contributed by atoms with van der Waals surface area (Å²) in [7, 11) is 0. The first-order valence-electron chi connectivity index (χ1n) is 8.59. The standard InChI is InChI=1S/C22H18ClIN2O2/c1-15-4-2-3-5-20(15)22(27)26-25-13-17-12-18(23)8-11-21(17)28-14-16-6-9-19(24)10-7-16/h2-13H,14H2,1H3,(H,26,27)/b25-13-. The molecule has 0 spiro atoms. The fourth-order valence-electron chi connectivity index (χ4n) is 2.54. The molecule has 0 heterocycles. The molecule has 0 aliphatic heterocycles. The third-order valence-corrected chi connectivity index (χ3v) is 4.99. The third-order valence-electron chi connectivity index (χ3n) is 4.04. The van der Waals surface area contributed by atoms with Crippen LogP contribution in [0.3, 0.4) is 0 Å². The molecule has 0 aromatic heterocycles. The second-order valence-corrected chi connectivity index (χ2v) is 7.79. The lowest BCUT2D eigenvalue weighted by Crippen LogP contribution is -2.18. The second kappa shape index (κ2) is 9.71. The van der Waals surface area contributed by atoms with E-state index in [9.17, 15) is 4.79 Å². The van der Waals surface area contributed by atoms with Gasteiger partial charge >= 0.3 is 0 Å². The molecule has 3 rings (SSSR count). The Kier molecular flexibility index (Phi) is 7.06. The fourth-order valence-corrected chi connectivity index (χ4v) is 3.08. The molecule has 0 aliphatic carbocycles. The average molecular weight is 505 g/mol. The SMILES string of the molecule is Cc1ccccc1C(=O)N/N=C\c1cc(Cl)ccc1OCc1ccc(I)cc1. The zero-order valence-corrected chi connectivity index (χ0v) is 18.1. The number of aryl methyl sites for hydroxylation is 1. The minimum absolute atomic E-state index is 0.266. The summed E-state index contributed by atoms with van der Waals surface area (Å²) >= 11 is 8.37.